The van der Waals surface area contributed by atoms with Gasteiger partial charge in [0.1, 0.15) is 5.82 Å². The second-order valence-electron chi connectivity index (χ2n) is 3.82. The third-order valence-electron chi connectivity index (χ3n) is 2.54. The van der Waals surface area contributed by atoms with Gasteiger partial charge in [0, 0.05) is 11.8 Å². The van der Waals surface area contributed by atoms with Gasteiger partial charge in [0.2, 0.25) is 0 Å². The lowest BCUT2D eigenvalue weighted by molar-refractivity contribution is 0.0594. The normalized spacial score (nSPS) is 10.6. The van der Waals surface area contributed by atoms with Gasteiger partial charge in [-0.1, -0.05) is 30.4 Å². The first kappa shape index (κ1) is 13.0. The smallest absolute Gasteiger partial charge is 0.357 e. The highest BCUT2D eigenvalue weighted by atomic mass is 19.1. The van der Waals surface area contributed by atoms with Gasteiger partial charge in [-0.15, -0.1) is 0 Å². The number of esters is 1. The van der Waals surface area contributed by atoms with Gasteiger partial charge >= 0.3 is 5.97 Å². The molecular formula is C15H12FNO2. The summed E-state index contributed by atoms with van der Waals surface area (Å²) in [4.78, 5) is 15.5. The molecule has 0 fully saturated rings. The third-order valence-corrected chi connectivity index (χ3v) is 2.54. The van der Waals surface area contributed by atoms with Crippen LogP contribution in [0.15, 0.2) is 42.6 Å². The highest BCUT2D eigenvalue weighted by Gasteiger charge is 2.10. The maximum Gasteiger partial charge on any atom is 0.357 e. The minimum absolute atomic E-state index is 0.253. The molecule has 3 nitrogen and oxygen atoms in total. The molecule has 4 heteroatoms. The van der Waals surface area contributed by atoms with E-state index in [2.05, 4.69) is 9.72 Å². The second kappa shape index (κ2) is 5.91. The van der Waals surface area contributed by atoms with E-state index < -0.39 is 5.97 Å². The lowest BCUT2D eigenvalue weighted by atomic mass is 10.1. The summed E-state index contributed by atoms with van der Waals surface area (Å²) < 4.78 is 17.4. The maximum atomic E-state index is 12.8. The number of rotatable bonds is 3. The topological polar surface area (TPSA) is 39.2 Å². The van der Waals surface area contributed by atoms with Crippen LogP contribution in [0.1, 0.15) is 21.6 Å². The van der Waals surface area contributed by atoms with Crippen LogP contribution in [0.25, 0.3) is 12.2 Å². The van der Waals surface area contributed by atoms with Crippen LogP contribution in [0.5, 0.6) is 0 Å². The Labute approximate surface area is 110 Å². The summed E-state index contributed by atoms with van der Waals surface area (Å²) in [6, 6.07) is 9.56. The van der Waals surface area contributed by atoms with Crippen LogP contribution in [0, 0.1) is 5.82 Å². The Morgan fingerprint density at radius 2 is 1.95 bits per heavy atom. The van der Waals surface area contributed by atoms with Crippen molar-refractivity contribution in [3.63, 3.8) is 0 Å². The summed E-state index contributed by atoms with van der Waals surface area (Å²) >= 11 is 0. The quantitative estimate of drug-likeness (QED) is 0.793. The maximum absolute atomic E-state index is 12.8. The van der Waals surface area contributed by atoms with Crippen LogP contribution in [0.2, 0.25) is 0 Å². The van der Waals surface area contributed by atoms with Crippen molar-refractivity contribution in [3.05, 3.63) is 65.2 Å². The molecule has 0 bridgehead atoms. The molecule has 0 N–H and O–H groups in total. The first-order chi connectivity index (χ1) is 9.20. The predicted molar refractivity (Wildman–Crippen MR) is 70.9 cm³/mol. The largest absolute Gasteiger partial charge is 0.464 e. The lowest BCUT2D eigenvalue weighted by Gasteiger charge is -2.02. The van der Waals surface area contributed by atoms with Crippen molar-refractivity contribution in [1.29, 1.82) is 0 Å². The van der Waals surface area contributed by atoms with Gasteiger partial charge < -0.3 is 4.74 Å². The fourth-order valence-corrected chi connectivity index (χ4v) is 1.58. The fraction of sp³-hybridized carbons (Fsp3) is 0.0667. The molecule has 0 amide bonds. The molecule has 1 aromatic carbocycles. The molecule has 0 saturated heterocycles. The summed E-state index contributed by atoms with van der Waals surface area (Å²) in [5.74, 6) is -0.770. The number of nitrogens with zero attached hydrogens (tertiary/aromatic N) is 1. The van der Waals surface area contributed by atoms with Crippen molar-refractivity contribution in [2.75, 3.05) is 7.11 Å². The van der Waals surface area contributed by atoms with E-state index in [0.717, 1.165) is 5.56 Å². The van der Waals surface area contributed by atoms with Gasteiger partial charge in [0.25, 0.3) is 0 Å². The third kappa shape index (κ3) is 3.25. The van der Waals surface area contributed by atoms with Crippen molar-refractivity contribution < 1.29 is 13.9 Å². The second-order valence-corrected chi connectivity index (χ2v) is 3.82. The molecular weight excluding hydrogens is 245 g/mol. The molecule has 0 unspecified atom stereocenters. The van der Waals surface area contributed by atoms with Crippen molar-refractivity contribution >= 4 is 18.1 Å². The molecule has 0 spiro atoms. The first-order valence-corrected chi connectivity index (χ1v) is 5.67. The number of carbonyl (C=O) groups is 1. The molecule has 1 heterocycles. The van der Waals surface area contributed by atoms with Crippen LogP contribution < -0.4 is 0 Å². The number of halogens is 1. The molecule has 0 atom stereocenters. The summed E-state index contributed by atoms with van der Waals surface area (Å²) in [6.45, 7) is 0. The van der Waals surface area contributed by atoms with Gasteiger partial charge in [-0.2, -0.15) is 0 Å². The summed E-state index contributed by atoms with van der Waals surface area (Å²) in [6.07, 6.45) is 5.05. The molecule has 0 aliphatic rings. The van der Waals surface area contributed by atoms with Crippen molar-refractivity contribution in [3.8, 4) is 0 Å². The van der Waals surface area contributed by atoms with Crippen LogP contribution >= 0.6 is 0 Å². The summed E-state index contributed by atoms with van der Waals surface area (Å²) in [5, 5.41) is 0. The van der Waals surface area contributed by atoms with E-state index in [1.165, 1.54) is 25.4 Å². The first-order valence-electron chi connectivity index (χ1n) is 5.67. The fourth-order valence-electron chi connectivity index (χ4n) is 1.58. The predicted octanol–water partition coefficient (Wildman–Crippen LogP) is 3.18. The summed E-state index contributed by atoms with van der Waals surface area (Å²) in [5.41, 5.74) is 1.74. The minimum Gasteiger partial charge on any atom is -0.464 e. The Morgan fingerprint density at radius 3 is 2.63 bits per heavy atom. The van der Waals surface area contributed by atoms with E-state index in [-0.39, 0.29) is 11.5 Å². The molecule has 2 aromatic rings. The van der Waals surface area contributed by atoms with Gasteiger partial charge in [0.15, 0.2) is 5.69 Å². The Hall–Kier alpha value is -2.49. The Morgan fingerprint density at radius 1 is 1.21 bits per heavy atom. The molecule has 19 heavy (non-hydrogen) atoms. The van der Waals surface area contributed by atoms with Crippen LogP contribution in [0.3, 0.4) is 0 Å². The van der Waals surface area contributed by atoms with E-state index in [0.29, 0.717) is 5.56 Å². The van der Waals surface area contributed by atoms with Crippen LogP contribution in [0.4, 0.5) is 4.39 Å². The van der Waals surface area contributed by atoms with Gasteiger partial charge in [0.05, 0.1) is 7.11 Å². The number of aromatic nitrogens is 1. The van der Waals surface area contributed by atoms with Crippen molar-refractivity contribution in [2.45, 2.75) is 0 Å². The summed E-state index contributed by atoms with van der Waals surface area (Å²) in [7, 11) is 1.31. The van der Waals surface area contributed by atoms with Crippen LogP contribution in [-0.4, -0.2) is 18.1 Å². The van der Waals surface area contributed by atoms with E-state index >= 15 is 0 Å². The number of methoxy groups -OCH3 is 1. The van der Waals surface area contributed by atoms with E-state index in [4.69, 9.17) is 0 Å². The van der Waals surface area contributed by atoms with Gasteiger partial charge in [-0.05, 0) is 23.8 Å². The number of pyridine rings is 1. The average Bonchev–Trinajstić information content (AvgIpc) is 2.46. The molecule has 1 aromatic heterocycles. The van der Waals surface area contributed by atoms with E-state index in [9.17, 15) is 9.18 Å². The number of ether oxygens (including phenoxy) is 1. The highest BCUT2D eigenvalue weighted by Crippen LogP contribution is 2.12. The zero-order valence-electron chi connectivity index (χ0n) is 10.3. The van der Waals surface area contributed by atoms with Gasteiger partial charge in [-0.3, -0.25) is 0 Å². The van der Waals surface area contributed by atoms with Crippen molar-refractivity contribution in [1.82, 2.24) is 4.98 Å². The molecule has 96 valence electrons. The number of hydrogen-bond acceptors (Lipinski definition) is 3. The monoisotopic (exact) mass is 257 g/mol. The zero-order valence-corrected chi connectivity index (χ0v) is 10.3. The van der Waals surface area contributed by atoms with E-state index in [1.54, 1.807) is 36.4 Å². The van der Waals surface area contributed by atoms with E-state index in [1.807, 2.05) is 0 Å². The Balaban J connectivity index is 2.28. The van der Waals surface area contributed by atoms with Gasteiger partial charge in [-0.25, -0.2) is 14.2 Å². The van der Waals surface area contributed by atoms with Crippen LogP contribution in [-0.2, 0) is 4.74 Å². The molecule has 0 radical (unpaired) electrons. The molecule has 0 saturated carbocycles. The molecule has 2 rings (SSSR count). The van der Waals surface area contributed by atoms with Crippen molar-refractivity contribution in [2.24, 2.45) is 0 Å². The molecule has 0 aliphatic heterocycles. The minimum atomic E-state index is -0.487. The standard InChI is InChI=1S/C15H12FNO2/c1-19-15(18)14-12(3-2-10-17-14)7-4-11-5-8-13(16)9-6-11/h2-10H,1H3/b7-4+. The molecule has 0 aliphatic carbocycles. The Kier molecular flexibility index (Phi) is 4.03. The zero-order chi connectivity index (χ0) is 13.7. The number of carbonyl (C=O) groups excluding carboxylic acids is 1. The average molecular weight is 257 g/mol. The highest BCUT2D eigenvalue weighted by molar-refractivity contribution is 5.92. The number of hydrogen-bond donors (Lipinski definition) is 0. The SMILES string of the molecule is COC(=O)c1ncccc1/C=C/c1ccc(F)cc1. The number of benzene rings is 1. The Bertz CT molecular complexity index is 606. The lowest BCUT2D eigenvalue weighted by Crippen LogP contribution is -2.06.